The van der Waals surface area contributed by atoms with Gasteiger partial charge in [0.1, 0.15) is 5.82 Å². The van der Waals surface area contributed by atoms with Crippen LogP contribution in [-0.4, -0.2) is 23.2 Å². The average Bonchev–Trinajstić information content (AvgIpc) is 2.59. The van der Waals surface area contributed by atoms with E-state index in [0.29, 0.717) is 28.5 Å². The summed E-state index contributed by atoms with van der Waals surface area (Å²) in [5.41, 5.74) is 1.98. The second kappa shape index (κ2) is 6.28. The van der Waals surface area contributed by atoms with Crippen molar-refractivity contribution in [1.29, 1.82) is 0 Å². The Bertz CT molecular complexity index is 937. The van der Waals surface area contributed by atoms with Crippen molar-refractivity contribution in [3.63, 3.8) is 0 Å². The van der Waals surface area contributed by atoms with Crippen LogP contribution in [0.5, 0.6) is 5.75 Å². The van der Waals surface area contributed by atoms with Gasteiger partial charge in [0.25, 0.3) is 0 Å². The normalized spacial score (nSPS) is 10.8. The number of rotatable bonds is 3. The topological polar surface area (TPSA) is 59.4 Å². The molecule has 2 aromatic carbocycles. The first-order valence-electron chi connectivity index (χ1n) is 7.45. The number of pyridine rings is 1. The number of halogens is 1. The molecule has 0 atom stereocenters. The highest BCUT2D eigenvalue weighted by Gasteiger charge is 2.18. The molecule has 24 heavy (non-hydrogen) atoms. The predicted octanol–water partition coefficient (Wildman–Crippen LogP) is 3.77. The first kappa shape index (κ1) is 15.9. The number of esters is 1. The molecule has 0 aliphatic carbocycles. The lowest BCUT2D eigenvalue weighted by Crippen LogP contribution is -2.06. The molecule has 0 aliphatic rings. The summed E-state index contributed by atoms with van der Waals surface area (Å²) in [6.07, 6.45) is 0.432. The maximum absolute atomic E-state index is 13.8. The van der Waals surface area contributed by atoms with E-state index >= 15 is 0 Å². The number of aromatic hydroxyl groups is 1. The summed E-state index contributed by atoms with van der Waals surface area (Å²) in [6.45, 7) is 1.75. The number of hydrogen-bond acceptors (Lipinski definition) is 4. The van der Waals surface area contributed by atoms with Crippen LogP contribution in [0.15, 0.2) is 42.5 Å². The Balaban J connectivity index is 2.08. The smallest absolute Gasteiger partial charge is 0.360 e. The average molecular weight is 325 g/mol. The zero-order chi connectivity index (χ0) is 17.3. The monoisotopic (exact) mass is 325 g/mol. The Morgan fingerprint density at radius 1 is 1.21 bits per heavy atom. The Morgan fingerprint density at radius 2 is 1.96 bits per heavy atom. The number of aromatic nitrogens is 1. The summed E-state index contributed by atoms with van der Waals surface area (Å²) < 4.78 is 18.4. The number of hydrogen-bond donors (Lipinski definition) is 1. The second-order valence-electron chi connectivity index (χ2n) is 5.53. The van der Waals surface area contributed by atoms with Crippen molar-refractivity contribution < 1.29 is 19.0 Å². The van der Waals surface area contributed by atoms with E-state index in [0.717, 1.165) is 5.56 Å². The molecular formula is C19H16FNO3. The lowest BCUT2D eigenvalue weighted by molar-refractivity contribution is 0.0590. The van der Waals surface area contributed by atoms with Crippen LogP contribution in [0.4, 0.5) is 4.39 Å². The van der Waals surface area contributed by atoms with Gasteiger partial charge in [0, 0.05) is 22.9 Å². The molecule has 0 unspecified atom stereocenters. The molecular weight excluding hydrogens is 309 g/mol. The van der Waals surface area contributed by atoms with Gasteiger partial charge < -0.3 is 9.84 Å². The molecule has 1 aromatic heterocycles. The quantitative estimate of drug-likeness (QED) is 0.745. The van der Waals surface area contributed by atoms with Gasteiger partial charge >= 0.3 is 5.97 Å². The second-order valence-corrected chi connectivity index (χ2v) is 5.53. The predicted molar refractivity (Wildman–Crippen MR) is 88.7 cm³/mol. The SMILES string of the molecule is COC(=O)c1nc(C)c2cc(Cc3ccccc3F)ccc2c1O. The molecule has 0 fully saturated rings. The van der Waals surface area contributed by atoms with Gasteiger partial charge in [-0.05, 0) is 30.2 Å². The summed E-state index contributed by atoms with van der Waals surface area (Å²) in [6, 6.07) is 12.0. The van der Waals surface area contributed by atoms with Crippen LogP contribution in [-0.2, 0) is 11.2 Å². The zero-order valence-electron chi connectivity index (χ0n) is 13.3. The van der Waals surface area contributed by atoms with Gasteiger partial charge in [0.15, 0.2) is 11.4 Å². The zero-order valence-corrected chi connectivity index (χ0v) is 13.3. The van der Waals surface area contributed by atoms with E-state index < -0.39 is 5.97 Å². The minimum atomic E-state index is -0.687. The Kier molecular flexibility index (Phi) is 4.16. The molecule has 122 valence electrons. The lowest BCUT2D eigenvalue weighted by Gasteiger charge is -2.10. The minimum Gasteiger partial charge on any atom is -0.505 e. The van der Waals surface area contributed by atoms with Crippen molar-refractivity contribution in [1.82, 2.24) is 4.98 Å². The largest absolute Gasteiger partial charge is 0.505 e. The Labute approximate surface area is 138 Å². The highest BCUT2D eigenvalue weighted by atomic mass is 19.1. The van der Waals surface area contributed by atoms with Gasteiger partial charge in [-0.1, -0.05) is 30.3 Å². The molecule has 4 nitrogen and oxygen atoms in total. The maximum Gasteiger partial charge on any atom is 0.360 e. The fourth-order valence-electron chi connectivity index (χ4n) is 2.72. The third-order valence-electron chi connectivity index (χ3n) is 3.96. The number of benzene rings is 2. The first-order valence-corrected chi connectivity index (χ1v) is 7.45. The molecule has 0 spiro atoms. The number of fused-ring (bicyclic) bond motifs is 1. The van der Waals surface area contributed by atoms with Crippen LogP contribution >= 0.6 is 0 Å². The van der Waals surface area contributed by atoms with E-state index in [1.807, 2.05) is 6.07 Å². The summed E-state index contributed by atoms with van der Waals surface area (Å²) in [4.78, 5) is 15.8. The number of methoxy groups -OCH3 is 1. The highest BCUT2D eigenvalue weighted by molar-refractivity contribution is 6.00. The van der Waals surface area contributed by atoms with Crippen molar-refractivity contribution in [2.24, 2.45) is 0 Å². The van der Waals surface area contributed by atoms with Crippen molar-refractivity contribution in [3.05, 3.63) is 70.8 Å². The van der Waals surface area contributed by atoms with Crippen LogP contribution in [0, 0.1) is 12.7 Å². The number of carbonyl (C=O) groups excluding carboxylic acids is 1. The Hall–Kier alpha value is -2.95. The van der Waals surface area contributed by atoms with Gasteiger partial charge in [-0.3, -0.25) is 0 Å². The standard InChI is InChI=1S/C19H16FNO3/c1-11-15-10-12(9-13-5-3-4-6-16(13)20)7-8-14(15)18(22)17(21-11)19(23)24-2/h3-8,10,22H,9H2,1-2H3. The van der Waals surface area contributed by atoms with Crippen LogP contribution in [0.1, 0.15) is 27.3 Å². The number of ether oxygens (including phenoxy) is 1. The molecule has 0 bridgehead atoms. The van der Waals surface area contributed by atoms with Crippen LogP contribution in [0.3, 0.4) is 0 Å². The van der Waals surface area contributed by atoms with E-state index in [1.54, 1.807) is 37.3 Å². The first-order chi connectivity index (χ1) is 11.5. The van der Waals surface area contributed by atoms with Gasteiger partial charge in [-0.2, -0.15) is 0 Å². The fraction of sp³-hybridized carbons (Fsp3) is 0.158. The summed E-state index contributed by atoms with van der Waals surface area (Å²) >= 11 is 0. The van der Waals surface area contributed by atoms with Gasteiger partial charge in [-0.15, -0.1) is 0 Å². The summed E-state index contributed by atoms with van der Waals surface area (Å²) in [5.74, 6) is -1.15. The molecule has 1 heterocycles. The fourth-order valence-corrected chi connectivity index (χ4v) is 2.72. The van der Waals surface area contributed by atoms with Crippen LogP contribution in [0.2, 0.25) is 0 Å². The van der Waals surface area contributed by atoms with E-state index in [2.05, 4.69) is 9.72 Å². The Morgan fingerprint density at radius 3 is 2.67 bits per heavy atom. The molecule has 3 rings (SSSR count). The molecule has 0 saturated carbocycles. The number of nitrogens with zero attached hydrogens (tertiary/aromatic N) is 1. The van der Waals surface area contributed by atoms with Crippen LogP contribution < -0.4 is 0 Å². The number of carbonyl (C=O) groups is 1. The van der Waals surface area contributed by atoms with Crippen molar-refractivity contribution in [2.75, 3.05) is 7.11 Å². The van der Waals surface area contributed by atoms with E-state index in [4.69, 9.17) is 0 Å². The van der Waals surface area contributed by atoms with Gasteiger partial charge in [-0.25, -0.2) is 14.2 Å². The molecule has 0 aliphatic heterocycles. The lowest BCUT2D eigenvalue weighted by atomic mass is 9.99. The van der Waals surface area contributed by atoms with E-state index in [1.165, 1.54) is 13.2 Å². The molecule has 0 radical (unpaired) electrons. The molecule has 0 amide bonds. The minimum absolute atomic E-state index is 0.107. The third-order valence-corrected chi connectivity index (χ3v) is 3.96. The van der Waals surface area contributed by atoms with E-state index in [-0.39, 0.29) is 17.3 Å². The maximum atomic E-state index is 13.8. The van der Waals surface area contributed by atoms with Gasteiger partial charge in [0.2, 0.25) is 0 Å². The van der Waals surface area contributed by atoms with Crippen LogP contribution in [0.25, 0.3) is 10.8 Å². The highest BCUT2D eigenvalue weighted by Crippen LogP contribution is 2.31. The van der Waals surface area contributed by atoms with Gasteiger partial charge in [0.05, 0.1) is 7.11 Å². The summed E-state index contributed by atoms with van der Waals surface area (Å²) in [7, 11) is 1.24. The van der Waals surface area contributed by atoms with Crippen molar-refractivity contribution in [3.8, 4) is 5.75 Å². The van der Waals surface area contributed by atoms with Crippen molar-refractivity contribution in [2.45, 2.75) is 13.3 Å². The third kappa shape index (κ3) is 2.80. The number of aryl methyl sites for hydroxylation is 1. The van der Waals surface area contributed by atoms with Crippen molar-refractivity contribution >= 4 is 16.7 Å². The molecule has 3 aromatic rings. The summed E-state index contributed by atoms with van der Waals surface area (Å²) in [5, 5.41) is 11.5. The molecule has 5 heteroatoms. The molecule has 1 N–H and O–H groups in total. The van der Waals surface area contributed by atoms with E-state index in [9.17, 15) is 14.3 Å². The molecule has 0 saturated heterocycles.